The van der Waals surface area contributed by atoms with Gasteiger partial charge in [-0.3, -0.25) is 9.89 Å². The van der Waals surface area contributed by atoms with Crippen molar-refractivity contribution >= 4 is 16.8 Å². The second-order valence-corrected chi connectivity index (χ2v) is 7.07. The monoisotopic (exact) mass is 296 g/mol. The zero-order chi connectivity index (χ0) is 14.7. The lowest BCUT2D eigenvalue weighted by Gasteiger charge is -2.48. The number of nitrogens with zero attached hydrogens (tertiary/aromatic N) is 1. The molecule has 3 N–H and O–H groups in total. The van der Waals surface area contributed by atoms with E-state index in [2.05, 4.69) is 20.8 Å². The number of fused-ring (bicyclic) bond motifs is 3. The molecule has 1 aliphatic heterocycles. The fraction of sp³-hybridized carbons (Fsp3) is 0.529. The van der Waals surface area contributed by atoms with Crippen molar-refractivity contribution in [3.8, 4) is 0 Å². The standard InChI is InChI=1S/C17H20N4O/c22-16(14-12-3-1-2-4-13(12)20-21-14)19-15-10-5-7-11(8-6-10)17(15)9-18-17/h1-4,10-11,15,18H,5-9H2,(H,19,22)(H,20,21)/t10?,11?,15?,17-/m0/s1. The average Bonchev–Trinajstić information content (AvgIpc) is 3.21. The van der Waals surface area contributed by atoms with Crippen molar-refractivity contribution in [3.63, 3.8) is 0 Å². The molecule has 1 unspecified atom stereocenters. The third-order valence-electron chi connectivity index (χ3n) is 6.08. The molecule has 114 valence electrons. The lowest BCUT2D eigenvalue weighted by atomic mass is 9.61. The highest BCUT2D eigenvalue weighted by Crippen LogP contribution is 2.51. The maximum Gasteiger partial charge on any atom is 0.272 e. The number of H-pyrrole nitrogens is 1. The van der Waals surface area contributed by atoms with Crippen LogP contribution < -0.4 is 10.6 Å². The topological polar surface area (TPSA) is 79.7 Å². The third-order valence-corrected chi connectivity index (χ3v) is 6.08. The van der Waals surface area contributed by atoms with E-state index >= 15 is 0 Å². The molecule has 2 heterocycles. The summed E-state index contributed by atoms with van der Waals surface area (Å²) in [7, 11) is 0. The first-order valence-corrected chi connectivity index (χ1v) is 8.27. The van der Waals surface area contributed by atoms with Crippen LogP contribution in [0.3, 0.4) is 0 Å². The van der Waals surface area contributed by atoms with Crippen LogP contribution in [0.2, 0.25) is 0 Å². The van der Waals surface area contributed by atoms with Crippen LogP contribution in [0.1, 0.15) is 36.2 Å². The summed E-state index contributed by atoms with van der Waals surface area (Å²) in [6.45, 7) is 1.06. The van der Waals surface area contributed by atoms with Crippen molar-refractivity contribution in [1.29, 1.82) is 0 Å². The first kappa shape index (κ1) is 12.6. The number of aromatic nitrogens is 2. The van der Waals surface area contributed by atoms with E-state index in [0.717, 1.165) is 23.4 Å². The second-order valence-electron chi connectivity index (χ2n) is 7.07. The minimum atomic E-state index is -0.0388. The first-order chi connectivity index (χ1) is 10.8. The number of carbonyl (C=O) groups is 1. The van der Waals surface area contributed by atoms with Crippen LogP contribution in [-0.4, -0.2) is 34.2 Å². The Morgan fingerprint density at radius 3 is 2.77 bits per heavy atom. The first-order valence-electron chi connectivity index (χ1n) is 8.27. The summed E-state index contributed by atoms with van der Waals surface area (Å²) in [5, 5.41) is 15.0. The summed E-state index contributed by atoms with van der Waals surface area (Å²) >= 11 is 0. The SMILES string of the molecule is O=C(NC1C2CCC(CC2)[C@@]12CN2)c1n[nH]c2ccccc12. The number of amides is 1. The van der Waals surface area contributed by atoms with E-state index in [-0.39, 0.29) is 17.5 Å². The number of hydrogen-bond donors (Lipinski definition) is 3. The normalized spacial score (nSPS) is 35.9. The molecule has 3 saturated carbocycles. The van der Waals surface area contributed by atoms with Crippen molar-refractivity contribution in [2.75, 3.05) is 6.54 Å². The van der Waals surface area contributed by atoms with Gasteiger partial charge in [-0.05, 0) is 43.6 Å². The van der Waals surface area contributed by atoms with Crippen LogP contribution in [0.5, 0.6) is 0 Å². The minimum absolute atomic E-state index is 0.0388. The van der Waals surface area contributed by atoms with Gasteiger partial charge in [-0.2, -0.15) is 5.10 Å². The fourth-order valence-corrected chi connectivity index (χ4v) is 4.85. The van der Waals surface area contributed by atoms with Crippen LogP contribution in [0.15, 0.2) is 24.3 Å². The summed E-state index contributed by atoms with van der Waals surface area (Å²) in [4.78, 5) is 12.8. The Morgan fingerprint density at radius 2 is 2.00 bits per heavy atom. The van der Waals surface area contributed by atoms with Crippen LogP contribution in [0.25, 0.3) is 10.9 Å². The maximum absolute atomic E-state index is 12.8. The molecule has 0 radical (unpaired) electrons. The molecule has 2 bridgehead atoms. The summed E-state index contributed by atoms with van der Waals surface area (Å²) < 4.78 is 0. The maximum atomic E-state index is 12.8. The number of benzene rings is 1. The van der Waals surface area contributed by atoms with Crippen molar-refractivity contribution in [3.05, 3.63) is 30.0 Å². The van der Waals surface area contributed by atoms with E-state index in [1.54, 1.807) is 0 Å². The Labute approximate surface area is 128 Å². The van der Waals surface area contributed by atoms with Crippen molar-refractivity contribution in [2.45, 2.75) is 37.3 Å². The van der Waals surface area contributed by atoms with Gasteiger partial charge in [0.2, 0.25) is 0 Å². The quantitative estimate of drug-likeness (QED) is 0.740. The number of nitrogens with one attached hydrogen (secondary N) is 3. The van der Waals surface area contributed by atoms with Gasteiger partial charge in [-0.25, -0.2) is 0 Å². The fourth-order valence-electron chi connectivity index (χ4n) is 4.85. The molecule has 2 atom stereocenters. The molecule has 4 aliphatic rings. The molecule has 3 aliphatic carbocycles. The van der Waals surface area contributed by atoms with Gasteiger partial charge in [0, 0.05) is 11.9 Å². The Morgan fingerprint density at radius 1 is 1.23 bits per heavy atom. The largest absolute Gasteiger partial charge is 0.346 e. The van der Waals surface area contributed by atoms with E-state index in [1.807, 2.05) is 24.3 Å². The Bertz CT molecular complexity index is 740. The lowest BCUT2D eigenvalue weighted by molar-refractivity contribution is 0.0632. The molecule has 5 heteroatoms. The van der Waals surface area contributed by atoms with E-state index in [9.17, 15) is 4.79 Å². The smallest absolute Gasteiger partial charge is 0.272 e. The third kappa shape index (κ3) is 1.63. The van der Waals surface area contributed by atoms with Crippen molar-refractivity contribution < 1.29 is 4.79 Å². The van der Waals surface area contributed by atoms with Gasteiger partial charge in [0.15, 0.2) is 5.69 Å². The molecule has 6 rings (SSSR count). The highest BCUT2D eigenvalue weighted by molar-refractivity contribution is 6.04. The molecule has 1 aromatic carbocycles. The predicted octanol–water partition coefficient (Wildman–Crippen LogP) is 1.82. The molecule has 5 nitrogen and oxygen atoms in total. The van der Waals surface area contributed by atoms with Crippen LogP contribution in [0.4, 0.5) is 0 Å². The van der Waals surface area contributed by atoms with Gasteiger partial charge in [-0.15, -0.1) is 0 Å². The molecule has 4 fully saturated rings. The lowest BCUT2D eigenvalue weighted by Crippen LogP contribution is -2.60. The zero-order valence-electron chi connectivity index (χ0n) is 12.4. The predicted molar refractivity (Wildman–Crippen MR) is 83.5 cm³/mol. The van der Waals surface area contributed by atoms with E-state index in [4.69, 9.17) is 0 Å². The van der Waals surface area contributed by atoms with Gasteiger partial charge in [0.05, 0.1) is 17.1 Å². The number of hydrogen-bond acceptors (Lipinski definition) is 3. The molecule has 2 aromatic rings. The van der Waals surface area contributed by atoms with E-state index in [0.29, 0.717) is 11.6 Å². The highest BCUT2D eigenvalue weighted by atomic mass is 16.2. The Kier molecular flexibility index (Phi) is 2.48. The molecule has 1 saturated heterocycles. The Balaban J connectivity index is 1.45. The summed E-state index contributed by atoms with van der Waals surface area (Å²) in [5.41, 5.74) is 1.62. The number of carbonyl (C=O) groups excluding carboxylic acids is 1. The Hall–Kier alpha value is -1.88. The number of rotatable bonds is 2. The van der Waals surface area contributed by atoms with Crippen molar-refractivity contribution in [2.24, 2.45) is 11.8 Å². The van der Waals surface area contributed by atoms with Gasteiger partial charge >= 0.3 is 0 Å². The highest BCUT2D eigenvalue weighted by Gasteiger charge is 2.61. The van der Waals surface area contributed by atoms with Gasteiger partial charge in [0.25, 0.3) is 5.91 Å². The number of aromatic amines is 1. The molecule has 22 heavy (non-hydrogen) atoms. The molecular weight excluding hydrogens is 276 g/mol. The van der Waals surface area contributed by atoms with Gasteiger partial charge < -0.3 is 10.6 Å². The average molecular weight is 296 g/mol. The van der Waals surface area contributed by atoms with Gasteiger partial charge in [-0.1, -0.05) is 18.2 Å². The molecular formula is C17H20N4O. The molecule has 1 spiro atoms. The number of para-hydroxylation sites is 1. The van der Waals surface area contributed by atoms with Crippen molar-refractivity contribution in [1.82, 2.24) is 20.8 Å². The minimum Gasteiger partial charge on any atom is -0.346 e. The van der Waals surface area contributed by atoms with Crippen LogP contribution in [0, 0.1) is 11.8 Å². The second kappa shape index (κ2) is 4.32. The summed E-state index contributed by atoms with van der Waals surface area (Å²) in [6, 6.07) is 8.06. The van der Waals surface area contributed by atoms with Crippen LogP contribution >= 0.6 is 0 Å². The van der Waals surface area contributed by atoms with Gasteiger partial charge in [0.1, 0.15) is 0 Å². The summed E-state index contributed by atoms with van der Waals surface area (Å²) in [5.74, 6) is 1.32. The molecule has 1 amide bonds. The van der Waals surface area contributed by atoms with E-state index < -0.39 is 0 Å². The zero-order valence-corrected chi connectivity index (χ0v) is 12.4. The van der Waals surface area contributed by atoms with Crippen LogP contribution in [-0.2, 0) is 0 Å². The summed E-state index contributed by atoms with van der Waals surface area (Å²) in [6.07, 6.45) is 5.13. The molecule has 1 aromatic heterocycles. The van der Waals surface area contributed by atoms with E-state index in [1.165, 1.54) is 25.7 Å².